The summed E-state index contributed by atoms with van der Waals surface area (Å²) in [6.45, 7) is 1.23. The van der Waals surface area contributed by atoms with Crippen LogP contribution in [0.3, 0.4) is 0 Å². The summed E-state index contributed by atoms with van der Waals surface area (Å²) >= 11 is 3.38. The van der Waals surface area contributed by atoms with Crippen LogP contribution in [0.15, 0.2) is 59.1 Å². The Kier molecular flexibility index (Phi) is 5.15. The maximum Gasteiger partial charge on any atom is 0.341 e. The Morgan fingerprint density at radius 1 is 1.13 bits per heavy atom. The van der Waals surface area contributed by atoms with Crippen molar-refractivity contribution in [3.05, 3.63) is 64.6 Å². The van der Waals surface area contributed by atoms with Gasteiger partial charge in [-0.2, -0.15) is 0 Å². The van der Waals surface area contributed by atoms with E-state index >= 15 is 0 Å². The quantitative estimate of drug-likeness (QED) is 0.840. The van der Waals surface area contributed by atoms with E-state index < -0.39 is 0 Å². The number of carbonyl (C=O) groups excluding carboxylic acids is 1. The molecule has 0 bridgehead atoms. The summed E-state index contributed by atoms with van der Waals surface area (Å²) in [7, 11) is 0. The minimum Gasteiger partial charge on any atom is -0.491 e. The van der Waals surface area contributed by atoms with Gasteiger partial charge in [-0.05, 0) is 29.8 Å². The predicted octanol–water partition coefficient (Wildman–Crippen LogP) is 3.35. The van der Waals surface area contributed by atoms with E-state index in [1.807, 2.05) is 54.6 Å². The van der Waals surface area contributed by atoms with Gasteiger partial charge in [-0.25, -0.2) is 9.86 Å². The highest BCUT2D eigenvalue weighted by molar-refractivity contribution is 9.10. The van der Waals surface area contributed by atoms with E-state index in [1.54, 1.807) is 0 Å². The van der Waals surface area contributed by atoms with Gasteiger partial charge in [-0.15, -0.1) is 0 Å². The third-order valence-electron chi connectivity index (χ3n) is 3.44. The summed E-state index contributed by atoms with van der Waals surface area (Å²) in [5, 5.41) is 4.20. The Morgan fingerprint density at radius 2 is 1.87 bits per heavy atom. The van der Waals surface area contributed by atoms with Crippen LogP contribution in [0.1, 0.15) is 5.56 Å². The Bertz CT molecular complexity index is 649. The van der Waals surface area contributed by atoms with E-state index in [2.05, 4.69) is 21.2 Å². The molecule has 23 heavy (non-hydrogen) atoms. The van der Waals surface area contributed by atoms with Crippen LogP contribution in [0.25, 0.3) is 0 Å². The van der Waals surface area contributed by atoms with Crippen molar-refractivity contribution in [2.45, 2.75) is 12.6 Å². The maximum atomic E-state index is 11.9. The number of amides is 2. The fourth-order valence-corrected chi connectivity index (χ4v) is 2.50. The molecule has 0 radical (unpaired) electrons. The number of nitrogens with one attached hydrogen (secondary N) is 1. The third kappa shape index (κ3) is 4.46. The average Bonchev–Trinajstić information content (AvgIpc) is 2.93. The van der Waals surface area contributed by atoms with Gasteiger partial charge in [0.1, 0.15) is 19.0 Å². The molecular weight excluding hydrogens is 360 g/mol. The fourth-order valence-electron chi connectivity index (χ4n) is 2.24. The van der Waals surface area contributed by atoms with E-state index in [0.29, 0.717) is 19.8 Å². The van der Waals surface area contributed by atoms with Gasteiger partial charge in [0.15, 0.2) is 0 Å². The largest absolute Gasteiger partial charge is 0.491 e. The van der Waals surface area contributed by atoms with Crippen LogP contribution >= 0.6 is 15.9 Å². The molecule has 1 N–H and O–H groups in total. The number of benzene rings is 2. The first-order chi connectivity index (χ1) is 11.2. The first-order valence-corrected chi connectivity index (χ1v) is 8.13. The minimum atomic E-state index is -0.231. The number of halogens is 1. The van der Waals surface area contributed by atoms with Crippen LogP contribution in [-0.4, -0.2) is 30.3 Å². The van der Waals surface area contributed by atoms with Crippen LogP contribution in [0.2, 0.25) is 0 Å². The lowest BCUT2D eigenvalue weighted by Gasteiger charge is -2.14. The van der Waals surface area contributed by atoms with Crippen LogP contribution < -0.4 is 10.1 Å². The van der Waals surface area contributed by atoms with E-state index in [0.717, 1.165) is 15.8 Å². The number of nitrogens with zero attached hydrogens (tertiary/aromatic N) is 1. The van der Waals surface area contributed by atoms with Crippen LogP contribution in [0, 0.1) is 0 Å². The highest BCUT2D eigenvalue weighted by Gasteiger charge is 2.30. The second kappa shape index (κ2) is 7.48. The van der Waals surface area contributed by atoms with Crippen LogP contribution in [0.5, 0.6) is 5.75 Å². The van der Waals surface area contributed by atoms with Gasteiger partial charge in [0, 0.05) is 4.47 Å². The summed E-state index contributed by atoms with van der Waals surface area (Å²) in [5.74, 6) is 0.770. The molecule has 0 aliphatic carbocycles. The summed E-state index contributed by atoms with van der Waals surface area (Å²) in [4.78, 5) is 17.4. The van der Waals surface area contributed by atoms with Crippen LogP contribution in [0.4, 0.5) is 4.79 Å². The zero-order valence-electron chi connectivity index (χ0n) is 12.4. The van der Waals surface area contributed by atoms with Gasteiger partial charge >= 0.3 is 6.03 Å². The molecule has 0 spiro atoms. The lowest BCUT2D eigenvalue weighted by Crippen LogP contribution is -2.32. The zero-order chi connectivity index (χ0) is 16.1. The molecular formula is C17H17BrN2O3. The van der Waals surface area contributed by atoms with Crippen molar-refractivity contribution in [3.8, 4) is 5.75 Å². The number of ether oxygens (including phenoxy) is 1. The van der Waals surface area contributed by atoms with Crippen molar-refractivity contribution >= 4 is 22.0 Å². The van der Waals surface area contributed by atoms with E-state index in [9.17, 15) is 4.79 Å². The molecule has 3 rings (SSSR count). The van der Waals surface area contributed by atoms with E-state index in [-0.39, 0.29) is 12.1 Å². The molecule has 0 unspecified atom stereocenters. The average molecular weight is 377 g/mol. The number of hydroxylamine groups is 2. The lowest BCUT2D eigenvalue weighted by molar-refractivity contribution is -0.117. The normalized spacial score (nSPS) is 17.2. The minimum absolute atomic E-state index is 0.0954. The van der Waals surface area contributed by atoms with Gasteiger partial charge < -0.3 is 10.1 Å². The van der Waals surface area contributed by atoms with Crippen molar-refractivity contribution in [3.63, 3.8) is 0 Å². The Labute approximate surface area is 143 Å². The van der Waals surface area contributed by atoms with Crippen molar-refractivity contribution in [1.82, 2.24) is 10.4 Å². The third-order valence-corrected chi connectivity index (χ3v) is 3.96. The highest BCUT2D eigenvalue weighted by atomic mass is 79.9. The Hall–Kier alpha value is -2.05. The van der Waals surface area contributed by atoms with E-state index in [4.69, 9.17) is 9.57 Å². The molecule has 1 heterocycles. The molecule has 2 amide bonds. The SMILES string of the molecule is O=C1N[C@@H](COc2ccc(Br)cc2)CN1OCc1ccccc1. The Morgan fingerprint density at radius 3 is 2.61 bits per heavy atom. The summed E-state index contributed by atoms with van der Waals surface area (Å²) in [6.07, 6.45) is 0. The standard InChI is InChI=1S/C17H17BrN2O3/c18-14-6-8-16(9-7-14)22-12-15-10-20(17(21)19-15)23-11-13-4-2-1-3-5-13/h1-9,15H,10-12H2,(H,19,21)/t15-/m1/s1. The molecule has 1 aliphatic heterocycles. The first kappa shape index (κ1) is 15.8. The van der Waals surface area contributed by atoms with Gasteiger partial charge in [-0.3, -0.25) is 4.84 Å². The molecule has 6 heteroatoms. The molecule has 0 aromatic heterocycles. The number of hydrogen-bond acceptors (Lipinski definition) is 3. The van der Waals surface area contributed by atoms with E-state index in [1.165, 1.54) is 5.06 Å². The maximum absolute atomic E-state index is 11.9. The van der Waals surface area contributed by atoms with Gasteiger partial charge in [0.05, 0.1) is 12.6 Å². The zero-order valence-corrected chi connectivity index (χ0v) is 14.0. The molecule has 120 valence electrons. The fraction of sp³-hybridized carbons (Fsp3) is 0.235. The number of rotatable bonds is 6. The molecule has 1 aliphatic rings. The highest BCUT2D eigenvalue weighted by Crippen LogP contribution is 2.17. The molecule has 1 saturated heterocycles. The summed E-state index contributed by atoms with van der Waals surface area (Å²) < 4.78 is 6.69. The Balaban J connectivity index is 1.46. The molecule has 0 saturated carbocycles. The van der Waals surface area contributed by atoms with Crippen molar-refractivity contribution in [2.24, 2.45) is 0 Å². The van der Waals surface area contributed by atoms with Crippen molar-refractivity contribution in [1.29, 1.82) is 0 Å². The van der Waals surface area contributed by atoms with Gasteiger partial charge in [0.25, 0.3) is 0 Å². The van der Waals surface area contributed by atoms with Gasteiger partial charge in [0.2, 0.25) is 0 Å². The smallest absolute Gasteiger partial charge is 0.341 e. The second-order valence-corrected chi connectivity index (χ2v) is 6.15. The number of urea groups is 1. The van der Waals surface area contributed by atoms with Crippen LogP contribution in [-0.2, 0) is 11.4 Å². The monoisotopic (exact) mass is 376 g/mol. The topological polar surface area (TPSA) is 50.8 Å². The van der Waals surface area contributed by atoms with Gasteiger partial charge in [-0.1, -0.05) is 46.3 Å². The summed E-state index contributed by atoms with van der Waals surface area (Å²) in [6, 6.07) is 17.0. The molecule has 2 aromatic rings. The lowest BCUT2D eigenvalue weighted by atomic mass is 10.2. The molecule has 1 atom stereocenters. The van der Waals surface area contributed by atoms with Crippen molar-refractivity contribution in [2.75, 3.05) is 13.2 Å². The second-order valence-electron chi connectivity index (χ2n) is 5.23. The predicted molar refractivity (Wildman–Crippen MR) is 89.9 cm³/mol. The molecule has 1 fully saturated rings. The molecule has 2 aromatic carbocycles. The van der Waals surface area contributed by atoms with Crippen molar-refractivity contribution < 1.29 is 14.4 Å². The number of hydrogen-bond donors (Lipinski definition) is 1. The number of carbonyl (C=O) groups is 1. The summed E-state index contributed by atoms with van der Waals surface area (Å²) in [5.41, 5.74) is 1.02. The first-order valence-electron chi connectivity index (χ1n) is 7.34. The molecule has 5 nitrogen and oxygen atoms in total.